The van der Waals surface area contributed by atoms with Crippen molar-refractivity contribution in [2.24, 2.45) is 0 Å². The summed E-state index contributed by atoms with van der Waals surface area (Å²) < 4.78 is 36.6. The Morgan fingerprint density at radius 3 is 2.25 bits per heavy atom. The molecule has 0 spiro atoms. The van der Waals surface area contributed by atoms with Crippen LogP contribution in [0.25, 0.3) is 10.8 Å². The quantitative estimate of drug-likeness (QED) is 0.679. The molecular formula is C13H11F3. The molecule has 0 unspecified atom stereocenters. The minimum Gasteiger partial charge on any atom is -0.171 e. The van der Waals surface area contributed by atoms with Crippen LogP contribution in [0.2, 0.25) is 0 Å². The molecule has 0 nitrogen and oxygen atoms in total. The monoisotopic (exact) mass is 224 g/mol. The lowest BCUT2D eigenvalue weighted by Crippen LogP contribution is -2.11. The summed E-state index contributed by atoms with van der Waals surface area (Å²) in [6.45, 7) is 1.96. The van der Waals surface area contributed by atoms with Crippen LogP contribution < -0.4 is 0 Å². The molecule has 0 heterocycles. The van der Waals surface area contributed by atoms with Crippen molar-refractivity contribution in [3.63, 3.8) is 0 Å². The van der Waals surface area contributed by atoms with Crippen molar-refractivity contribution in [2.75, 3.05) is 0 Å². The van der Waals surface area contributed by atoms with Crippen molar-refractivity contribution < 1.29 is 13.2 Å². The number of rotatable bonds is 1. The molecule has 2 aromatic rings. The van der Waals surface area contributed by atoms with E-state index in [1.54, 1.807) is 12.1 Å². The topological polar surface area (TPSA) is 0 Å². The lowest BCUT2D eigenvalue weighted by atomic mass is 10.0. The number of aryl methyl sites for hydroxylation is 1. The normalized spacial score (nSPS) is 12.0. The van der Waals surface area contributed by atoms with Crippen molar-refractivity contribution in [1.29, 1.82) is 0 Å². The van der Waals surface area contributed by atoms with Gasteiger partial charge < -0.3 is 0 Å². The van der Waals surface area contributed by atoms with E-state index < -0.39 is 12.6 Å². The Kier molecular flexibility index (Phi) is 2.62. The van der Waals surface area contributed by atoms with Gasteiger partial charge in [-0.05, 0) is 23.3 Å². The van der Waals surface area contributed by atoms with E-state index in [9.17, 15) is 13.2 Å². The summed E-state index contributed by atoms with van der Waals surface area (Å²) in [4.78, 5) is 0. The standard InChI is InChI=1S/C13H11F3/c1-9-2-4-12-7-10(8-13(14,15)16)3-5-11(12)6-9/h2-7H,8H2,1H3. The molecule has 0 aromatic heterocycles. The fourth-order valence-corrected chi connectivity index (χ4v) is 1.76. The Morgan fingerprint density at radius 2 is 1.56 bits per heavy atom. The summed E-state index contributed by atoms with van der Waals surface area (Å²) in [6, 6.07) is 10.6. The van der Waals surface area contributed by atoms with Crippen LogP contribution in [0.5, 0.6) is 0 Å². The first-order chi connectivity index (χ1) is 7.44. The Morgan fingerprint density at radius 1 is 0.938 bits per heavy atom. The van der Waals surface area contributed by atoms with Gasteiger partial charge in [-0.3, -0.25) is 0 Å². The molecule has 0 aliphatic heterocycles. The van der Waals surface area contributed by atoms with E-state index in [-0.39, 0.29) is 0 Å². The highest BCUT2D eigenvalue weighted by Gasteiger charge is 2.27. The van der Waals surface area contributed by atoms with Crippen molar-refractivity contribution in [1.82, 2.24) is 0 Å². The zero-order valence-corrected chi connectivity index (χ0v) is 8.81. The van der Waals surface area contributed by atoms with E-state index in [2.05, 4.69) is 0 Å². The second kappa shape index (κ2) is 3.81. The molecule has 3 heteroatoms. The van der Waals surface area contributed by atoms with Gasteiger partial charge in [0, 0.05) is 0 Å². The predicted molar refractivity (Wildman–Crippen MR) is 58.4 cm³/mol. The van der Waals surface area contributed by atoms with Crippen molar-refractivity contribution in [3.8, 4) is 0 Å². The van der Waals surface area contributed by atoms with Gasteiger partial charge in [-0.2, -0.15) is 13.2 Å². The van der Waals surface area contributed by atoms with Crippen LogP contribution in [-0.2, 0) is 6.42 Å². The Labute approximate surface area is 91.7 Å². The molecule has 0 aliphatic carbocycles. The van der Waals surface area contributed by atoms with Crippen LogP contribution in [0.3, 0.4) is 0 Å². The van der Waals surface area contributed by atoms with Crippen LogP contribution in [0.4, 0.5) is 13.2 Å². The van der Waals surface area contributed by atoms with E-state index in [0.717, 1.165) is 16.3 Å². The summed E-state index contributed by atoms with van der Waals surface area (Å²) >= 11 is 0. The maximum absolute atomic E-state index is 12.2. The smallest absolute Gasteiger partial charge is 0.171 e. The molecule has 2 rings (SSSR count). The second-order valence-electron chi connectivity index (χ2n) is 3.98. The summed E-state index contributed by atoms with van der Waals surface area (Å²) in [5.41, 5.74) is 1.42. The third kappa shape index (κ3) is 2.54. The van der Waals surface area contributed by atoms with Gasteiger partial charge in [0.2, 0.25) is 0 Å². The van der Waals surface area contributed by atoms with E-state index in [1.807, 2.05) is 25.1 Å². The molecule has 0 saturated heterocycles. The molecule has 0 amide bonds. The highest BCUT2D eigenvalue weighted by molar-refractivity contribution is 5.83. The molecule has 0 radical (unpaired) electrons. The highest BCUT2D eigenvalue weighted by Crippen LogP contribution is 2.24. The van der Waals surface area contributed by atoms with Gasteiger partial charge in [0.25, 0.3) is 0 Å². The van der Waals surface area contributed by atoms with Crippen LogP contribution >= 0.6 is 0 Å². The Bertz CT molecular complexity index is 512. The third-order valence-corrected chi connectivity index (χ3v) is 2.46. The molecule has 16 heavy (non-hydrogen) atoms. The van der Waals surface area contributed by atoms with Gasteiger partial charge in [-0.15, -0.1) is 0 Å². The fourth-order valence-electron chi connectivity index (χ4n) is 1.76. The van der Waals surface area contributed by atoms with E-state index in [1.165, 1.54) is 6.07 Å². The maximum Gasteiger partial charge on any atom is 0.393 e. The fraction of sp³-hybridized carbons (Fsp3) is 0.231. The minimum absolute atomic E-state index is 0.309. The van der Waals surface area contributed by atoms with E-state index >= 15 is 0 Å². The number of benzene rings is 2. The Hall–Kier alpha value is -1.51. The van der Waals surface area contributed by atoms with Gasteiger partial charge in [0.1, 0.15) is 0 Å². The van der Waals surface area contributed by atoms with Gasteiger partial charge in [0.15, 0.2) is 0 Å². The summed E-state index contributed by atoms with van der Waals surface area (Å²) in [7, 11) is 0. The zero-order valence-electron chi connectivity index (χ0n) is 8.81. The van der Waals surface area contributed by atoms with Crippen molar-refractivity contribution in [3.05, 3.63) is 47.5 Å². The van der Waals surface area contributed by atoms with Crippen molar-refractivity contribution in [2.45, 2.75) is 19.5 Å². The SMILES string of the molecule is Cc1ccc2cc(CC(F)(F)F)ccc2c1. The van der Waals surface area contributed by atoms with E-state index in [4.69, 9.17) is 0 Å². The summed E-state index contributed by atoms with van der Waals surface area (Å²) in [5.74, 6) is 0. The average Bonchev–Trinajstić information content (AvgIpc) is 2.16. The lowest BCUT2D eigenvalue weighted by Gasteiger charge is -2.07. The molecule has 0 bridgehead atoms. The van der Waals surface area contributed by atoms with Crippen molar-refractivity contribution >= 4 is 10.8 Å². The highest BCUT2D eigenvalue weighted by atomic mass is 19.4. The third-order valence-electron chi connectivity index (χ3n) is 2.46. The van der Waals surface area contributed by atoms with Crippen LogP contribution in [0, 0.1) is 6.92 Å². The first-order valence-electron chi connectivity index (χ1n) is 5.00. The van der Waals surface area contributed by atoms with Gasteiger partial charge in [0.05, 0.1) is 6.42 Å². The van der Waals surface area contributed by atoms with E-state index in [0.29, 0.717) is 5.56 Å². The van der Waals surface area contributed by atoms with Crippen LogP contribution in [0.15, 0.2) is 36.4 Å². The van der Waals surface area contributed by atoms with Gasteiger partial charge in [-0.1, -0.05) is 42.0 Å². The maximum atomic E-state index is 12.2. The molecule has 0 N–H and O–H groups in total. The number of hydrogen-bond acceptors (Lipinski definition) is 0. The molecule has 0 aliphatic rings. The molecule has 0 saturated carbocycles. The molecular weight excluding hydrogens is 213 g/mol. The lowest BCUT2D eigenvalue weighted by molar-refractivity contribution is -0.127. The first kappa shape index (κ1) is 11.0. The molecule has 0 fully saturated rings. The Balaban J connectivity index is 2.41. The van der Waals surface area contributed by atoms with Gasteiger partial charge >= 0.3 is 6.18 Å². The zero-order chi connectivity index (χ0) is 11.8. The molecule has 84 valence electrons. The summed E-state index contributed by atoms with van der Waals surface area (Å²) in [5, 5.41) is 1.83. The minimum atomic E-state index is -4.14. The first-order valence-corrected chi connectivity index (χ1v) is 5.00. The van der Waals surface area contributed by atoms with Gasteiger partial charge in [-0.25, -0.2) is 0 Å². The number of fused-ring (bicyclic) bond motifs is 1. The summed E-state index contributed by atoms with van der Waals surface area (Å²) in [6.07, 6.45) is -5.00. The van der Waals surface area contributed by atoms with Crippen LogP contribution in [0.1, 0.15) is 11.1 Å². The largest absolute Gasteiger partial charge is 0.393 e. The number of halogens is 3. The number of hydrogen-bond donors (Lipinski definition) is 0. The molecule has 0 atom stereocenters. The predicted octanol–water partition coefficient (Wildman–Crippen LogP) is 4.25. The average molecular weight is 224 g/mol. The number of alkyl halides is 3. The second-order valence-corrected chi connectivity index (χ2v) is 3.98. The molecule has 2 aromatic carbocycles. The van der Waals surface area contributed by atoms with Crippen LogP contribution in [-0.4, -0.2) is 6.18 Å².